The summed E-state index contributed by atoms with van der Waals surface area (Å²) in [6, 6.07) is 10.1. The van der Waals surface area contributed by atoms with Gasteiger partial charge in [0.15, 0.2) is 11.2 Å². The molecule has 1 unspecified atom stereocenters. The third kappa shape index (κ3) is 3.19. The van der Waals surface area contributed by atoms with Crippen molar-refractivity contribution in [2.45, 2.75) is 51.8 Å². The summed E-state index contributed by atoms with van der Waals surface area (Å²) in [4.78, 5) is 12.8. The Balaban J connectivity index is 1.78. The molecule has 4 nitrogen and oxygen atoms in total. The molecule has 0 spiro atoms. The molecule has 2 aromatic carbocycles. The van der Waals surface area contributed by atoms with Crippen molar-refractivity contribution in [1.29, 1.82) is 0 Å². The van der Waals surface area contributed by atoms with Gasteiger partial charge < -0.3 is 14.6 Å². The number of benzene rings is 2. The van der Waals surface area contributed by atoms with E-state index in [0.29, 0.717) is 22.0 Å². The van der Waals surface area contributed by atoms with E-state index in [1.54, 1.807) is 25.3 Å². The number of aromatic nitrogens is 1. The van der Waals surface area contributed by atoms with Gasteiger partial charge in [0.25, 0.3) is 0 Å². The Labute approximate surface area is 173 Å². The summed E-state index contributed by atoms with van der Waals surface area (Å²) in [5.74, 6) is 0.0911. The van der Waals surface area contributed by atoms with Crippen molar-refractivity contribution in [3.63, 3.8) is 0 Å². The fourth-order valence-electron chi connectivity index (χ4n) is 4.58. The summed E-state index contributed by atoms with van der Waals surface area (Å²) in [6.45, 7) is 1.80. The second-order valence-corrected chi connectivity index (χ2v) is 8.34. The molecule has 1 atom stereocenters. The molecule has 1 aliphatic carbocycles. The monoisotopic (exact) mass is 410 g/mol. The number of rotatable bonds is 4. The number of pyridine rings is 1. The number of nitrogens with one attached hydrogen (secondary N) is 1. The zero-order valence-corrected chi connectivity index (χ0v) is 17.0. The molecule has 6 heteroatoms. The summed E-state index contributed by atoms with van der Waals surface area (Å²) in [5.41, 5.74) is 4.81. The van der Waals surface area contributed by atoms with Crippen LogP contribution in [0.4, 0.5) is 8.78 Å². The first-order valence-electron chi connectivity index (χ1n) is 10.4. The quantitative estimate of drug-likeness (QED) is 0.649. The van der Waals surface area contributed by atoms with Crippen LogP contribution < -0.4 is 15.5 Å². The van der Waals surface area contributed by atoms with Crippen LogP contribution >= 0.6 is 0 Å². The summed E-state index contributed by atoms with van der Waals surface area (Å²) in [5, 5.41) is 3.86. The first kappa shape index (κ1) is 19.2. The van der Waals surface area contributed by atoms with Crippen LogP contribution in [0.1, 0.15) is 48.5 Å². The minimum atomic E-state index is -2.97. The summed E-state index contributed by atoms with van der Waals surface area (Å²) in [7, 11) is 0. The van der Waals surface area contributed by atoms with E-state index in [-0.39, 0.29) is 23.3 Å². The van der Waals surface area contributed by atoms with E-state index >= 15 is 0 Å². The summed E-state index contributed by atoms with van der Waals surface area (Å²) >= 11 is 0. The zero-order chi connectivity index (χ0) is 21.0. The Morgan fingerprint density at radius 3 is 2.73 bits per heavy atom. The molecule has 3 aromatic rings. The van der Waals surface area contributed by atoms with Gasteiger partial charge in [0, 0.05) is 34.8 Å². The van der Waals surface area contributed by atoms with E-state index in [1.165, 1.54) is 11.1 Å². The van der Waals surface area contributed by atoms with Crippen molar-refractivity contribution in [1.82, 2.24) is 9.88 Å². The average Bonchev–Trinajstić information content (AvgIpc) is 3.55. The van der Waals surface area contributed by atoms with E-state index in [0.717, 1.165) is 31.4 Å². The van der Waals surface area contributed by atoms with Crippen LogP contribution in [0, 0.1) is 6.92 Å². The molecule has 1 fully saturated rings. The van der Waals surface area contributed by atoms with Crippen molar-refractivity contribution in [3.05, 3.63) is 63.4 Å². The smallest absolute Gasteiger partial charge is 0.387 e. The Morgan fingerprint density at radius 2 is 2.00 bits per heavy atom. The van der Waals surface area contributed by atoms with Gasteiger partial charge >= 0.3 is 6.61 Å². The minimum Gasteiger partial charge on any atom is -0.432 e. The van der Waals surface area contributed by atoms with Crippen molar-refractivity contribution in [2.24, 2.45) is 0 Å². The van der Waals surface area contributed by atoms with Crippen molar-refractivity contribution in [2.75, 3.05) is 6.54 Å². The van der Waals surface area contributed by atoms with E-state index in [9.17, 15) is 13.6 Å². The van der Waals surface area contributed by atoms with Gasteiger partial charge in [-0.15, -0.1) is 0 Å². The number of ether oxygens (including phenoxy) is 1. The second kappa shape index (κ2) is 7.20. The molecule has 1 saturated carbocycles. The van der Waals surface area contributed by atoms with Gasteiger partial charge in [-0.1, -0.05) is 18.2 Å². The van der Waals surface area contributed by atoms with Crippen LogP contribution in [-0.2, 0) is 6.42 Å². The molecule has 0 amide bonds. The highest BCUT2D eigenvalue weighted by molar-refractivity contribution is 5.93. The van der Waals surface area contributed by atoms with Crippen LogP contribution in [0.2, 0.25) is 0 Å². The predicted molar refractivity (Wildman–Crippen MR) is 113 cm³/mol. The molecule has 1 aromatic heterocycles. The van der Waals surface area contributed by atoms with E-state index < -0.39 is 6.61 Å². The SMILES string of the molecule is Cc1cn(C2CC2)c2c(OC(F)F)c(-c3ccc4c(c3)CCNC4C)ccc2c1=O. The molecule has 2 heterocycles. The topological polar surface area (TPSA) is 43.3 Å². The predicted octanol–water partition coefficient (Wildman–Crippen LogP) is 5.12. The van der Waals surface area contributed by atoms with Crippen LogP contribution in [0.5, 0.6) is 5.75 Å². The molecule has 5 rings (SSSR count). The highest BCUT2D eigenvalue weighted by Crippen LogP contribution is 2.43. The van der Waals surface area contributed by atoms with Crippen LogP contribution in [-0.4, -0.2) is 17.7 Å². The Morgan fingerprint density at radius 1 is 1.20 bits per heavy atom. The maximum absolute atomic E-state index is 13.5. The van der Waals surface area contributed by atoms with Crippen LogP contribution in [0.15, 0.2) is 41.3 Å². The summed E-state index contributed by atoms with van der Waals surface area (Å²) < 4.78 is 34.0. The van der Waals surface area contributed by atoms with Crippen molar-refractivity contribution >= 4 is 10.9 Å². The lowest BCUT2D eigenvalue weighted by atomic mass is 9.91. The number of hydrogen-bond donors (Lipinski definition) is 1. The van der Waals surface area contributed by atoms with Gasteiger partial charge in [0.2, 0.25) is 0 Å². The Hall–Kier alpha value is -2.73. The molecule has 0 bridgehead atoms. The van der Waals surface area contributed by atoms with Crippen LogP contribution in [0.25, 0.3) is 22.0 Å². The Kier molecular flexibility index (Phi) is 4.62. The number of aryl methyl sites for hydroxylation is 1. The van der Waals surface area contributed by atoms with E-state index in [2.05, 4.69) is 24.4 Å². The lowest BCUT2D eigenvalue weighted by Gasteiger charge is -2.25. The maximum Gasteiger partial charge on any atom is 0.387 e. The minimum absolute atomic E-state index is 0.0911. The molecule has 2 aliphatic rings. The average molecular weight is 410 g/mol. The lowest BCUT2D eigenvalue weighted by molar-refractivity contribution is -0.0486. The van der Waals surface area contributed by atoms with Crippen molar-refractivity contribution in [3.8, 4) is 16.9 Å². The van der Waals surface area contributed by atoms with Gasteiger partial charge in [-0.3, -0.25) is 4.79 Å². The van der Waals surface area contributed by atoms with Gasteiger partial charge in [-0.05, 0) is 68.5 Å². The molecule has 30 heavy (non-hydrogen) atoms. The summed E-state index contributed by atoms with van der Waals surface area (Å²) in [6.07, 6.45) is 4.61. The number of fused-ring (bicyclic) bond motifs is 2. The third-order valence-electron chi connectivity index (χ3n) is 6.24. The van der Waals surface area contributed by atoms with E-state index in [4.69, 9.17) is 4.74 Å². The van der Waals surface area contributed by atoms with Gasteiger partial charge in [0.1, 0.15) is 0 Å². The molecule has 156 valence electrons. The third-order valence-corrected chi connectivity index (χ3v) is 6.24. The number of nitrogens with zero attached hydrogens (tertiary/aromatic N) is 1. The Bertz CT molecular complexity index is 1200. The van der Waals surface area contributed by atoms with Crippen LogP contribution in [0.3, 0.4) is 0 Å². The fourth-order valence-corrected chi connectivity index (χ4v) is 4.58. The molecule has 0 radical (unpaired) electrons. The molecule has 0 saturated heterocycles. The largest absolute Gasteiger partial charge is 0.432 e. The lowest BCUT2D eigenvalue weighted by Crippen LogP contribution is -2.27. The second-order valence-electron chi connectivity index (χ2n) is 8.34. The fraction of sp³-hybridized carbons (Fsp3) is 0.375. The zero-order valence-electron chi connectivity index (χ0n) is 17.0. The maximum atomic E-state index is 13.5. The number of hydrogen-bond acceptors (Lipinski definition) is 3. The first-order valence-corrected chi connectivity index (χ1v) is 10.4. The van der Waals surface area contributed by atoms with E-state index in [1.807, 2.05) is 10.6 Å². The van der Waals surface area contributed by atoms with Crippen molar-refractivity contribution < 1.29 is 13.5 Å². The molecular weight excluding hydrogens is 386 g/mol. The molecular formula is C24H24F2N2O2. The highest BCUT2D eigenvalue weighted by Gasteiger charge is 2.28. The molecule has 1 N–H and O–H groups in total. The number of halogens is 2. The number of alkyl halides is 2. The van der Waals surface area contributed by atoms with Gasteiger partial charge in [0.05, 0.1) is 5.52 Å². The highest BCUT2D eigenvalue weighted by atomic mass is 19.3. The molecule has 1 aliphatic heterocycles. The standard InChI is InChI=1S/C24H24F2N2O2/c1-13-12-28(17-4-5-17)21-20(22(13)29)8-7-19(23(21)30-24(25)26)15-3-6-18-14(2)27-10-9-16(18)11-15/h3,6-8,11-12,14,17,24,27H,4-5,9-10H2,1-2H3. The first-order chi connectivity index (χ1) is 14.4. The normalized spacial score (nSPS) is 18.6. The van der Waals surface area contributed by atoms with Gasteiger partial charge in [-0.25, -0.2) is 0 Å². The van der Waals surface area contributed by atoms with Gasteiger partial charge in [-0.2, -0.15) is 8.78 Å².